The van der Waals surface area contributed by atoms with Crippen LogP contribution in [0.25, 0.3) is 0 Å². The molecule has 4 nitrogen and oxygen atoms in total. The average Bonchev–Trinajstić information content (AvgIpc) is 2.51. The Bertz CT molecular complexity index is 474. The molecule has 138 valence electrons. The van der Waals surface area contributed by atoms with E-state index < -0.39 is 0 Å². The minimum Gasteiger partial charge on any atom is -0.357 e. The molecule has 0 aliphatic rings. The third kappa shape index (κ3) is 10.1. The van der Waals surface area contributed by atoms with Crippen molar-refractivity contribution in [3.8, 4) is 0 Å². The lowest BCUT2D eigenvalue weighted by molar-refractivity contribution is 0.268. The van der Waals surface area contributed by atoms with Crippen LogP contribution in [0.4, 0.5) is 0 Å². The van der Waals surface area contributed by atoms with E-state index in [1.54, 1.807) is 0 Å². The summed E-state index contributed by atoms with van der Waals surface area (Å²) in [5, 5.41) is 6.74. The number of nitrogens with one attached hydrogen (secondary N) is 2. The molecule has 0 radical (unpaired) electrons. The number of nitrogens with zero attached hydrogens (tertiary/aromatic N) is 2. The summed E-state index contributed by atoms with van der Waals surface area (Å²) in [6.07, 6.45) is 2.37. The fourth-order valence-corrected chi connectivity index (χ4v) is 2.27. The van der Waals surface area contributed by atoms with E-state index in [-0.39, 0.29) is 24.0 Å². The van der Waals surface area contributed by atoms with Crippen LogP contribution in [0.1, 0.15) is 44.7 Å². The summed E-state index contributed by atoms with van der Waals surface area (Å²) in [7, 11) is 2.19. The molecule has 0 fully saturated rings. The van der Waals surface area contributed by atoms with Crippen molar-refractivity contribution >= 4 is 29.9 Å². The maximum Gasteiger partial charge on any atom is 0.191 e. The fourth-order valence-electron chi connectivity index (χ4n) is 2.27. The van der Waals surface area contributed by atoms with Gasteiger partial charge in [0.15, 0.2) is 5.96 Å². The molecule has 0 atom stereocenters. The van der Waals surface area contributed by atoms with Crippen molar-refractivity contribution in [1.29, 1.82) is 0 Å². The number of hydrogen-bond donors (Lipinski definition) is 2. The predicted molar refractivity (Wildman–Crippen MR) is 116 cm³/mol. The largest absolute Gasteiger partial charge is 0.357 e. The Kier molecular flexibility index (Phi) is 13.0. The summed E-state index contributed by atoms with van der Waals surface area (Å²) < 4.78 is 0. The second kappa shape index (κ2) is 13.5. The zero-order chi connectivity index (χ0) is 17.1. The van der Waals surface area contributed by atoms with Crippen LogP contribution >= 0.6 is 24.0 Å². The van der Waals surface area contributed by atoms with Crippen LogP contribution in [0, 0.1) is 6.92 Å². The Morgan fingerprint density at radius 1 is 1.21 bits per heavy atom. The van der Waals surface area contributed by atoms with Gasteiger partial charge in [-0.1, -0.05) is 29.8 Å². The first kappa shape index (κ1) is 23.2. The number of aliphatic imine (C=N–C) groups is 1. The lowest BCUT2D eigenvalue weighted by atomic mass is 10.1. The number of halogens is 1. The summed E-state index contributed by atoms with van der Waals surface area (Å²) >= 11 is 0. The van der Waals surface area contributed by atoms with Crippen molar-refractivity contribution in [3.05, 3.63) is 35.4 Å². The van der Waals surface area contributed by atoms with Crippen LogP contribution < -0.4 is 10.6 Å². The van der Waals surface area contributed by atoms with Crippen molar-refractivity contribution in [3.63, 3.8) is 0 Å². The van der Waals surface area contributed by atoms with Crippen LogP contribution in [-0.2, 0) is 6.54 Å². The third-order valence-electron chi connectivity index (χ3n) is 3.96. The van der Waals surface area contributed by atoms with E-state index >= 15 is 0 Å². The van der Waals surface area contributed by atoms with Gasteiger partial charge >= 0.3 is 0 Å². The van der Waals surface area contributed by atoms with Gasteiger partial charge in [-0.3, -0.25) is 0 Å². The zero-order valence-corrected chi connectivity index (χ0v) is 18.3. The molecular weight excluding hydrogens is 411 g/mol. The van der Waals surface area contributed by atoms with Gasteiger partial charge in [0.25, 0.3) is 0 Å². The van der Waals surface area contributed by atoms with Gasteiger partial charge in [0, 0.05) is 19.1 Å². The highest BCUT2D eigenvalue weighted by Gasteiger charge is 2.02. The summed E-state index contributed by atoms with van der Waals surface area (Å²) in [5.74, 6) is 0.909. The van der Waals surface area contributed by atoms with Crippen LogP contribution in [0.5, 0.6) is 0 Å². The molecule has 1 rings (SSSR count). The zero-order valence-electron chi connectivity index (χ0n) is 15.9. The number of benzene rings is 1. The SMILES string of the molecule is CCNC(=NCc1cccc(C)c1)NCCCCN(C)C(C)C.I. The standard InChI is InChI=1S/C19H34N4.HI/c1-6-20-19(21-12-7-8-13-23(5)16(2)3)22-15-18-11-9-10-17(4)14-18;/h9-11,14,16H,6-8,12-13,15H2,1-5H3,(H2,20,21,22);1H. The van der Waals surface area contributed by atoms with Gasteiger partial charge in [0.2, 0.25) is 0 Å². The fraction of sp³-hybridized carbons (Fsp3) is 0.632. The summed E-state index contributed by atoms with van der Waals surface area (Å²) in [6.45, 7) is 12.4. The smallest absolute Gasteiger partial charge is 0.191 e. The van der Waals surface area contributed by atoms with Crippen molar-refractivity contribution in [2.75, 3.05) is 26.7 Å². The maximum atomic E-state index is 4.67. The first-order valence-electron chi connectivity index (χ1n) is 8.81. The molecule has 5 heteroatoms. The van der Waals surface area contributed by atoms with E-state index in [0.29, 0.717) is 12.6 Å². The van der Waals surface area contributed by atoms with E-state index in [2.05, 4.69) is 79.5 Å². The molecule has 0 bridgehead atoms. The van der Waals surface area contributed by atoms with E-state index in [1.807, 2.05) is 0 Å². The number of hydrogen-bond acceptors (Lipinski definition) is 2. The van der Waals surface area contributed by atoms with E-state index in [1.165, 1.54) is 17.5 Å². The molecule has 1 aromatic carbocycles. The number of aryl methyl sites for hydroxylation is 1. The number of rotatable bonds is 9. The highest BCUT2D eigenvalue weighted by atomic mass is 127. The van der Waals surface area contributed by atoms with Gasteiger partial charge in [0.05, 0.1) is 6.54 Å². The van der Waals surface area contributed by atoms with Gasteiger partial charge in [-0.25, -0.2) is 4.99 Å². The molecule has 0 unspecified atom stereocenters. The van der Waals surface area contributed by atoms with Crippen molar-refractivity contribution < 1.29 is 0 Å². The van der Waals surface area contributed by atoms with Crippen molar-refractivity contribution in [2.24, 2.45) is 4.99 Å². The second-order valence-electron chi connectivity index (χ2n) is 6.39. The van der Waals surface area contributed by atoms with Crippen LogP contribution in [0.15, 0.2) is 29.3 Å². The summed E-state index contributed by atoms with van der Waals surface area (Å²) in [5.41, 5.74) is 2.53. The highest BCUT2D eigenvalue weighted by Crippen LogP contribution is 2.05. The van der Waals surface area contributed by atoms with E-state index in [9.17, 15) is 0 Å². The van der Waals surface area contributed by atoms with E-state index in [4.69, 9.17) is 0 Å². The molecule has 0 amide bonds. The summed E-state index contributed by atoms with van der Waals surface area (Å²) in [4.78, 5) is 7.06. The van der Waals surface area contributed by atoms with Gasteiger partial charge in [-0.05, 0) is 59.7 Å². The van der Waals surface area contributed by atoms with Crippen LogP contribution in [0.2, 0.25) is 0 Å². The minimum atomic E-state index is 0. The molecule has 0 aliphatic heterocycles. The molecule has 2 N–H and O–H groups in total. The Morgan fingerprint density at radius 3 is 2.58 bits per heavy atom. The predicted octanol–water partition coefficient (Wildman–Crippen LogP) is 3.79. The molecule has 0 heterocycles. The molecular formula is C19H35IN4. The second-order valence-corrected chi connectivity index (χ2v) is 6.39. The Morgan fingerprint density at radius 2 is 1.96 bits per heavy atom. The maximum absolute atomic E-state index is 4.67. The van der Waals surface area contributed by atoms with Crippen LogP contribution in [0.3, 0.4) is 0 Å². The van der Waals surface area contributed by atoms with E-state index in [0.717, 1.165) is 32.0 Å². The highest BCUT2D eigenvalue weighted by molar-refractivity contribution is 14.0. The number of guanidine groups is 1. The summed E-state index contributed by atoms with van der Waals surface area (Å²) in [6, 6.07) is 9.14. The van der Waals surface area contributed by atoms with Gasteiger partial charge in [0.1, 0.15) is 0 Å². The van der Waals surface area contributed by atoms with Gasteiger partial charge < -0.3 is 15.5 Å². The molecule has 1 aromatic rings. The quantitative estimate of drug-likeness (QED) is 0.263. The lowest BCUT2D eigenvalue weighted by Gasteiger charge is -2.20. The van der Waals surface area contributed by atoms with Crippen molar-refractivity contribution in [1.82, 2.24) is 15.5 Å². The van der Waals surface area contributed by atoms with Gasteiger partial charge in [-0.15, -0.1) is 24.0 Å². The van der Waals surface area contributed by atoms with Crippen LogP contribution in [-0.4, -0.2) is 43.6 Å². The third-order valence-corrected chi connectivity index (χ3v) is 3.96. The molecule has 0 aromatic heterocycles. The Balaban J connectivity index is 0.00000529. The minimum absolute atomic E-state index is 0. The topological polar surface area (TPSA) is 39.7 Å². The van der Waals surface area contributed by atoms with Crippen molar-refractivity contribution in [2.45, 2.75) is 53.1 Å². The molecule has 0 saturated heterocycles. The monoisotopic (exact) mass is 446 g/mol. The Labute approximate surface area is 165 Å². The normalized spacial score (nSPS) is 11.5. The molecule has 0 spiro atoms. The average molecular weight is 446 g/mol. The first-order valence-corrected chi connectivity index (χ1v) is 8.81. The number of unbranched alkanes of at least 4 members (excludes halogenated alkanes) is 1. The first-order chi connectivity index (χ1) is 11.0. The molecule has 24 heavy (non-hydrogen) atoms. The lowest BCUT2D eigenvalue weighted by Crippen LogP contribution is -2.38. The van der Waals surface area contributed by atoms with Gasteiger partial charge in [-0.2, -0.15) is 0 Å². The molecule has 0 aliphatic carbocycles. The molecule has 0 saturated carbocycles. The Hall–Kier alpha value is -0.820.